The first-order valence-electron chi connectivity index (χ1n) is 5.17. The van der Waals surface area contributed by atoms with E-state index in [1.807, 2.05) is 24.8 Å². The van der Waals surface area contributed by atoms with Gasteiger partial charge in [0.1, 0.15) is 11.9 Å². The molecule has 2 nitrogen and oxygen atoms in total. The van der Waals surface area contributed by atoms with Crippen LogP contribution in [0.3, 0.4) is 0 Å². The molecule has 84 valence electrons. The maximum Gasteiger partial charge on any atom is 0.143 e. The Labute approximate surface area is 95.6 Å². The predicted molar refractivity (Wildman–Crippen MR) is 63.8 cm³/mol. The minimum Gasteiger partial charge on any atom is -0.365 e. The van der Waals surface area contributed by atoms with E-state index < -0.39 is 5.82 Å². The van der Waals surface area contributed by atoms with E-state index in [2.05, 4.69) is 6.58 Å². The highest BCUT2D eigenvalue weighted by atomic mass is 19.1. The summed E-state index contributed by atoms with van der Waals surface area (Å²) in [6, 6.07) is 6.71. The van der Waals surface area contributed by atoms with Crippen molar-refractivity contribution in [3.8, 4) is 6.07 Å². The Morgan fingerprint density at radius 2 is 2.25 bits per heavy atom. The fraction of sp³-hybridized carbons (Fsp3) is 0.308. The minimum atomic E-state index is -0.477. The Morgan fingerprint density at radius 1 is 1.56 bits per heavy atom. The highest BCUT2D eigenvalue weighted by Crippen LogP contribution is 2.20. The summed E-state index contributed by atoms with van der Waals surface area (Å²) in [6.45, 7) is 8.39. The molecule has 0 spiro atoms. The molecule has 0 aliphatic heterocycles. The molecule has 1 aromatic carbocycles. The summed E-state index contributed by atoms with van der Waals surface area (Å²) in [5.74, 6) is -0.477. The third-order valence-corrected chi connectivity index (χ3v) is 2.35. The quantitative estimate of drug-likeness (QED) is 0.726. The monoisotopic (exact) mass is 218 g/mol. The number of hydrogen-bond donors (Lipinski definition) is 0. The zero-order valence-electron chi connectivity index (χ0n) is 9.57. The van der Waals surface area contributed by atoms with Crippen LogP contribution >= 0.6 is 0 Å². The van der Waals surface area contributed by atoms with E-state index in [0.29, 0.717) is 6.54 Å². The zero-order chi connectivity index (χ0) is 12.1. The van der Waals surface area contributed by atoms with Crippen molar-refractivity contribution in [1.82, 2.24) is 0 Å². The van der Waals surface area contributed by atoms with Crippen LogP contribution in [-0.4, -0.2) is 12.6 Å². The molecule has 0 unspecified atom stereocenters. The third-order valence-electron chi connectivity index (χ3n) is 2.35. The normalized spacial score (nSPS) is 9.94. The molecular formula is C13H15FN2. The smallest absolute Gasteiger partial charge is 0.143 e. The Bertz CT molecular complexity index is 418. The van der Waals surface area contributed by atoms with Gasteiger partial charge in [-0.15, -0.1) is 6.58 Å². The van der Waals surface area contributed by atoms with Crippen LogP contribution in [0.2, 0.25) is 0 Å². The first kappa shape index (κ1) is 12.3. The summed E-state index contributed by atoms with van der Waals surface area (Å²) in [4.78, 5) is 2.01. The molecule has 0 amide bonds. The lowest BCUT2D eigenvalue weighted by Crippen LogP contribution is -2.30. The molecule has 0 radical (unpaired) electrons. The van der Waals surface area contributed by atoms with E-state index in [4.69, 9.17) is 5.26 Å². The van der Waals surface area contributed by atoms with Gasteiger partial charge in [0.2, 0.25) is 0 Å². The fourth-order valence-electron chi connectivity index (χ4n) is 1.53. The number of hydrogen-bond acceptors (Lipinski definition) is 2. The average molecular weight is 218 g/mol. The minimum absolute atomic E-state index is 0.0751. The molecule has 0 saturated heterocycles. The Morgan fingerprint density at radius 3 is 2.69 bits per heavy atom. The summed E-state index contributed by atoms with van der Waals surface area (Å²) in [6.07, 6.45) is 1.77. The molecule has 0 atom stereocenters. The second-order valence-electron chi connectivity index (χ2n) is 3.81. The second kappa shape index (κ2) is 5.32. The molecule has 1 aromatic rings. The number of benzene rings is 1. The van der Waals surface area contributed by atoms with Crippen molar-refractivity contribution >= 4 is 5.69 Å². The number of anilines is 1. The van der Waals surface area contributed by atoms with Gasteiger partial charge >= 0.3 is 0 Å². The SMILES string of the molecule is C=CCN(c1ccc(C#N)c(F)c1)C(C)C. The van der Waals surface area contributed by atoms with Gasteiger partial charge in [-0.3, -0.25) is 0 Å². The molecule has 0 saturated carbocycles. The number of nitriles is 1. The maximum atomic E-state index is 13.4. The molecular weight excluding hydrogens is 203 g/mol. The van der Waals surface area contributed by atoms with Gasteiger partial charge in [0.25, 0.3) is 0 Å². The highest BCUT2D eigenvalue weighted by molar-refractivity contribution is 5.51. The molecule has 0 bridgehead atoms. The van der Waals surface area contributed by atoms with Gasteiger partial charge in [0.05, 0.1) is 5.56 Å². The van der Waals surface area contributed by atoms with Gasteiger partial charge in [0, 0.05) is 18.3 Å². The predicted octanol–water partition coefficient (Wildman–Crippen LogP) is 3.10. The molecule has 0 aliphatic rings. The second-order valence-corrected chi connectivity index (χ2v) is 3.81. The lowest BCUT2D eigenvalue weighted by molar-refractivity contribution is 0.621. The number of rotatable bonds is 4. The molecule has 3 heteroatoms. The number of nitrogens with zero attached hydrogens (tertiary/aromatic N) is 2. The van der Waals surface area contributed by atoms with Crippen LogP contribution in [0.15, 0.2) is 30.9 Å². The van der Waals surface area contributed by atoms with Crippen LogP contribution in [-0.2, 0) is 0 Å². The lowest BCUT2D eigenvalue weighted by Gasteiger charge is -2.27. The van der Waals surface area contributed by atoms with Crippen molar-refractivity contribution in [2.24, 2.45) is 0 Å². The van der Waals surface area contributed by atoms with E-state index in [1.54, 1.807) is 12.1 Å². The van der Waals surface area contributed by atoms with Gasteiger partial charge in [-0.05, 0) is 32.0 Å². The van der Waals surface area contributed by atoms with Crippen LogP contribution in [0.4, 0.5) is 10.1 Å². The topological polar surface area (TPSA) is 27.0 Å². The third kappa shape index (κ3) is 2.60. The van der Waals surface area contributed by atoms with Gasteiger partial charge in [-0.2, -0.15) is 5.26 Å². The molecule has 16 heavy (non-hydrogen) atoms. The lowest BCUT2D eigenvalue weighted by atomic mass is 10.1. The summed E-state index contributed by atoms with van der Waals surface area (Å²) >= 11 is 0. The number of halogens is 1. The van der Waals surface area contributed by atoms with E-state index in [9.17, 15) is 4.39 Å². The maximum absolute atomic E-state index is 13.4. The summed E-state index contributed by atoms with van der Waals surface area (Å²) in [5.41, 5.74) is 0.845. The Hall–Kier alpha value is -1.82. The molecule has 0 aliphatic carbocycles. The van der Waals surface area contributed by atoms with E-state index >= 15 is 0 Å². The van der Waals surface area contributed by atoms with Gasteiger partial charge < -0.3 is 4.90 Å². The molecule has 0 fully saturated rings. The van der Waals surface area contributed by atoms with Crippen LogP contribution < -0.4 is 4.90 Å². The van der Waals surface area contributed by atoms with Crippen molar-refractivity contribution in [2.75, 3.05) is 11.4 Å². The zero-order valence-corrected chi connectivity index (χ0v) is 9.57. The fourth-order valence-corrected chi connectivity index (χ4v) is 1.53. The first-order chi connectivity index (χ1) is 7.60. The van der Waals surface area contributed by atoms with Crippen LogP contribution in [0.25, 0.3) is 0 Å². The Balaban J connectivity index is 3.07. The Kier molecular flexibility index (Phi) is 4.07. The van der Waals surface area contributed by atoms with E-state index in [0.717, 1.165) is 5.69 Å². The van der Waals surface area contributed by atoms with Crippen molar-refractivity contribution < 1.29 is 4.39 Å². The van der Waals surface area contributed by atoms with Crippen LogP contribution in [0, 0.1) is 17.1 Å². The largest absolute Gasteiger partial charge is 0.365 e. The van der Waals surface area contributed by atoms with Crippen molar-refractivity contribution in [1.29, 1.82) is 5.26 Å². The van der Waals surface area contributed by atoms with Gasteiger partial charge in [-0.25, -0.2) is 4.39 Å². The van der Waals surface area contributed by atoms with Crippen LogP contribution in [0.1, 0.15) is 19.4 Å². The van der Waals surface area contributed by atoms with Gasteiger partial charge in [-0.1, -0.05) is 6.08 Å². The standard InChI is InChI=1S/C13H15FN2/c1-4-7-16(10(2)3)12-6-5-11(9-15)13(14)8-12/h4-6,8,10H,1,7H2,2-3H3. The van der Waals surface area contributed by atoms with Crippen molar-refractivity contribution in [3.05, 3.63) is 42.2 Å². The van der Waals surface area contributed by atoms with E-state index in [-0.39, 0.29) is 11.6 Å². The highest BCUT2D eigenvalue weighted by Gasteiger charge is 2.11. The van der Waals surface area contributed by atoms with Crippen molar-refractivity contribution in [2.45, 2.75) is 19.9 Å². The summed E-state index contributed by atoms with van der Waals surface area (Å²) < 4.78 is 13.4. The average Bonchev–Trinajstić information content (AvgIpc) is 2.25. The molecule has 1 rings (SSSR count). The summed E-state index contributed by atoms with van der Waals surface area (Å²) in [5, 5.41) is 8.64. The molecule has 0 heterocycles. The molecule has 0 aromatic heterocycles. The van der Waals surface area contributed by atoms with Crippen molar-refractivity contribution in [3.63, 3.8) is 0 Å². The van der Waals surface area contributed by atoms with Gasteiger partial charge in [0.15, 0.2) is 0 Å². The van der Waals surface area contributed by atoms with E-state index in [1.165, 1.54) is 12.1 Å². The van der Waals surface area contributed by atoms with Crippen LogP contribution in [0.5, 0.6) is 0 Å². The first-order valence-corrected chi connectivity index (χ1v) is 5.17. The molecule has 0 N–H and O–H groups in total. The summed E-state index contributed by atoms with van der Waals surface area (Å²) in [7, 11) is 0.